The maximum atomic E-state index is 12.5. The van der Waals surface area contributed by atoms with E-state index in [-0.39, 0.29) is 41.8 Å². The first-order valence-electron chi connectivity index (χ1n) is 9.78. The second-order valence-electron chi connectivity index (χ2n) is 7.35. The molecule has 0 fully saturated rings. The van der Waals surface area contributed by atoms with Crippen molar-refractivity contribution in [3.63, 3.8) is 0 Å². The summed E-state index contributed by atoms with van der Waals surface area (Å²) in [5.74, 6) is -0.681. The number of nitrogens with one attached hydrogen (secondary N) is 1. The summed E-state index contributed by atoms with van der Waals surface area (Å²) in [5, 5.41) is 3.01. The minimum Gasteiger partial charge on any atom is -0.349 e. The quantitative estimate of drug-likeness (QED) is 0.752. The molecular weight excluding hydrogens is 388 g/mol. The normalized spacial score (nSPS) is 15.8. The maximum Gasteiger partial charge on any atom is 0.269 e. The van der Waals surface area contributed by atoms with Crippen LogP contribution in [0.2, 0.25) is 0 Å². The lowest BCUT2D eigenvalue weighted by atomic mass is 9.99. The van der Waals surface area contributed by atoms with Gasteiger partial charge >= 0.3 is 0 Å². The fourth-order valence-electron chi connectivity index (χ4n) is 3.50. The lowest BCUT2D eigenvalue weighted by Crippen LogP contribution is -2.33. The highest BCUT2D eigenvalue weighted by Crippen LogP contribution is 2.30. The van der Waals surface area contributed by atoms with Crippen LogP contribution in [0.15, 0.2) is 47.4 Å². The molecule has 0 unspecified atom stereocenters. The largest absolute Gasteiger partial charge is 0.349 e. The Kier molecular flexibility index (Phi) is 6.07. The molecule has 0 aliphatic carbocycles. The Hall–Kier alpha value is -2.67. The van der Waals surface area contributed by atoms with E-state index in [0.717, 1.165) is 16.3 Å². The summed E-state index contributed by atoms with van der Waals surface area (Å²) in [7, 11) is -3.82. The Balaban J connectivity index is 1.58. The molecule has 0 bridgehead atoms. The van der Waals surface area contributed by atoms with E-state index in [2.05, 4.69) is 11.4 Å². The van der Waals surface area contributed by atoms with E-state index in [1.807, 2.05) is 32.9 Å². The summed E-state index contributed by atoms with van der Waals surface area (Å²) in [6.45, 7) is 6.08. The second-order valence-corrected chi connectivity index (χ2v) is 9.18. The predicted octanol–water partition coefficient (Wildman–Crippen LogP) is 3.50. The van der Waals surface area contributed by atoms with Crippen LogP contribution >= 0.6 is 0 Å². The molecule has 6 nitrogen and oxygen atoms in total. The minimum absolute atomic E-state index is 0.0102. The first kappa shape index (κ1) is 21.0. The predicted molar refractivity (Wildman–Crippen MR) is 111 cm³/mol. The van der Waals surface area contributed by atoms with Gasteiger partial charge in [0.15, 0.2) is 0 Å². The number of fused-ring (bicyclic) bond motifs is 1. The van der Waals surface area contributed by atoms with Crippen LogP contribution in [0.25, 0.3) is 0 Å². The standard InChI is InChI=1S/C22H26N2O4S/c1-4-19(17-12-11-15(2)16(3)14-17)23-21(25)10-7-13-24-22(26)18-8-5-6-9-20(18)29(24,27)28/h5-6,8-9,11-12,14,19H,4,7,10,13H2,1-3H3,(H,23,25)/t19-/m0/s1. The van der Waals surface area contributed by atoms with Crippen LogP contribution in [0.1, 0.15) is 59.3 Å². The van der Waals surface area contributed by atoms with Gasteiger partial charge in [-0.1, -0.05) is 37.3 Å². The van der Waals surface area contributed by atoms with Gasteiger partial charge in [-0.25, -0.2) is 12.7 Å². The summed E-state index contributed by atoms with van der Waals surface area (Å²) in [5.41, 5.74) is 3.62. The van der Waals surface area contributed by atoms with Gasteiger partial charge in [0.25, 0.3) is 15.9 Å². The number of aryl methyl sites for hydroxylation is 2. The number of hydrogen-bond acceptors (Lipinski definition) is 4. The summed E-state index contributed by atoms with van der Waals surface area (Å²) in [4.78, 5) is 24.8. The SMILES string of the molecule is CC[C@H](NC(=O)CCCN1C(=O)c2ccccc2S1(=O)=O)c1ccc(C)c(C)c1. The molecule has 2 aromatic carbocycles. The van der Waals surface area contributed by atoms with Crippen molar-refractivity contribution < 1.29 is 18.0 Å². The third kappa shape index (κ3) is 4.19. The van der Waals surface area contributed by atoms with Gasteiger partial charge in [0.2, 0.25) is 5.91 Å². The topological polar surface area (TPSA) is 83.6 Å². The number of carbonyl (C=O) groups is 2. The van der Waals surface area contributed by atoms with Crippen LogP contribution in [-0.2, 0) is 14.8 Å². The average molecular weight is 415 g/mol. The average Bonchev–Trinajstić information content (AvgIpc) is 2.89. The van der Waals surface area contributed by atoms with Crippen LogP contribution in [0.5, 0.6) is 0 Å². The number of carbonyl (C=O) groups excluding carboxylic acids is 2. The number of amides is 2. The molecule has 1 aliphatic heterocycles. The number of sulfonamides is 1. The second kappa shape index (κ2) is 8.37. The molecule has 7 heteroatoms. The van der Waals surface area contributed by atoms with E-state index in [0.29, 0.717) is 0 Å². The molecule has 0 aromatic heterocycles. The Morgan fingerprint density at radius 3 is 2.48 bits per heavy atom. The van der Waals surface area contributed by atoms with Gasteiger partial charge in [-0.15, -0.1) is 0 Å². The Labute approximate surface area is 172 Å². The van der Waals surface area contributed by atoms with Crippen molar-refractivity contribution in [2.24, 2.45) is 0 Å². The van der Waals surface area contributed by atoms with Crippen LogP contribution < -0.4 is 5.32 Å². The fourth-order valence-corrected chi connectivity index (χ4v) is 5.11. The number of benzene rings is 2. The van der Waals surface area contributed by atoms with Crippen LogP contribution in [-0.4, -0.2) is 31.1 Å². The Morgan fingerprint density at radius 2 is 1.83 bits per heavy atom. The Morgan fingerprint density at radius 1 is 1.10 bits per heavy atom. The molecule has 2 aromatic rings. The monoisotopic (exact) mass is 414 g/mol. The van der Waals surface area contributed by atoms with Gasteiger partial charge in [0.1, 0.15) is 4.90 Å². The first-order chi connectivity index (χ1) is 13.8. The lowest BCUT2D eigenvalue weighted by molar-refractivity contribution is -0.122. The molecular formula is C22H26N2O4S. The molecule has 0 radical (unpaired) electrons. The molecule has 0 saturated heterocycles. The highest BCUT2D eigenvalue weighted by Gasteiger charge is 2.40. The van der Waals surface area contributed by atoms with E-state index in [9.17, 15) is 18.0 Å². The van der Waals surface area contributed by atoms with Crippen molar-refractivity contribution in [1.29, 1.82) is 0 Å². The van der Waals surface area contributed by atoms with E-state index < -0.39 is 15.9 Å². The van der Waals surface area contributed by atoms with Crippen molar-refractivity contribution in [1.82, 2.24) is 9.62 Å². The minimum atomic E-state index is -3.82. The lowest BCUT2D eigenvalue weighted by Gasteiger charge is -2.19. The molecule has 29 heavy (non-hydrogen) atoms. The highest BCUT2D eigenvalue weighted by atomic mass is 32.2. The van der Waals surface area contributed by atoms with Gasteiger partial charge in [0, 0.05) is 13.0 Å². The van der Waals surface area contributed by atoms with E-state index in [1.165, 1.54) is 23.3 Å². The van der Waals surface area contributed by atoms with E-state index in [1.54, 1.807) is 12.1 Å². The molecule has 0 spiro atoms. The van der Waals surface area contributed by atoms with E-state index in [4.69, 9.17) is 0 Å². The van der Waals surface area contributed by atoms with Gasteiger partial charge in [-0.2, -0.15) is 0 Å². The smallest absolute Gasteiger partial charge is 0.269 e. The number of nitrogens with zero attached hydrogens (tertiary/aromatic N) is 1. The van der Waals surface area contributed by atoms with Gasteiger partial charge < -0.3 is 5.32 Å². The summed E-state index contributed by atoms with van der Waals surface area (Å²) < 4.78 is 26.0. The van der Waals surface area contributed by atoms with Crippen molar-refractivity contribution in [3.8, 4) is 0 Å². The van der Waals surface area contributed by atoms with Gasteiger partial charge in [-0.3, -0.25) is 9.59 Å². The molecule has 1 atom stereocenters. The van der Waals surface area contributed by atoms with Crippen molar-refractivity contribution in [3.05, 3.63) is 64.7 Å². The first-order valence-corrected chi connectivity index (χ1v) is 11.2. The molecule has 2 amide bonds. The number of hydrogen-bond donors (Lipinski definition) is 1. The van der Waals surface area contributed by atoms with Crippen LogP contribution in [0.4, 0.5) is 0 Å². The molecule has 3 rings (SSSR count). The van der Waals surface area contributed by atoms with E-state index >= 15 is 0 Å². The van der Waals surface area contributed by atoms with Crippen LogP contribution in [0.3, 0.4) is 0 Å². The Bertz CT molecular complexity index is 1050. The van der Waals surface area contributed by atoms with Gasteiger partial charge in [0.05, 0.1) is 11.6 Å². The molecule has 1 N–H and O–H groups in total. The highest BCUT2D eigenvalue weighted by molar-refractivity contribution is 7.90. The number of rotatable bonds is 7. The zero-order chi connectivity index (χ0) is 21.2. The van der Waals surface area contributed by atoms with Gasteiger partial charge in [-0.05, 0) is 55.5 Å². The third-order valence-corrected chi connectivity index (χ3v) is 7.19. The molecule has 1 aliphatic rings. The van der Waals surface area contributed by atoms with Crippen molar-refractivity contribution in [2.75, 3.05) is 6.54 Å². The molecule has 154 valence electrons. The third-order valence-electron chi connectivity index (χ3n) is 5.35. The molecule has 0 saturated carbocycles. The molecule has 1 heterocycles. The van der Waals surface area contributed by atoms with Crippen molar-refractivity contribution >= 4 is 21.8 Å². The fraction of sp³-hybridized carbons (Fsp3) is 0.364. The van der Waals surface area contributed by atoms with Crippen molar-refractivity contribution in [2.45, 2.75) is 51.0 Å². The zero-order valence-corrected chi connectivity index (χ0v) is 17.8. The maximum absolute atomic E-state index is 12.5. The summed E-state index contributed by atoms with van der Waals surface area (Å²) in [6, 6.07) is 12.2. The summed E-state index contributed by atoms with van der Waals surface area (Å²) in [6.07, 6.45) is 1.17. The zero-order valence-electron chi connectivity index (χ0n) is 16.9. The van der Waals surface area contributed by atoms with Crippen LogP contribution in [0, 0.1) is 13.8 Å². The summed E-state index contributed by atoms with van der Waals surface area (Å²) >= 11 is 0.